The van der Waals surface area contributed by atoms with E-state index in [1.807, 2.05) is 39.0 Å². The molecule has 2 aromatic carbocycles. The third kappa shape index (κ3) is 4.27. The number of fused-ring (bicyclic) bond motifs is 1. The summed E-state index contributed by atoms with van der Waals surface area (Å²) in [6.07, 6.45) is 1.15. The number of anilines is 2. The van der Waals surface area contributed by atoms with Gasteiger partial charge in [-0.3, -0.25) is 4.79 Å². The third-order valence-electron chi connectivity index (χ3n) is 5.60. The number of aromatic nitrogens is 2. The van der Waals surface area contributed by atoms with Gasteiger partial charge in [0.15, 0.2) is 5.82 Å². The standard InChI is InChI=1S/C25H24N4O5/c1-4-28(5-2)18-11-8-16-12-19(25(33)34-21(16)13-18)23(30)27-22-20(24(31)32)14-26-29(22)17-9-6-15(3)7-10-17/h6-14H,4-5H2,1-3H3,(H,27,30)(H,31,32). The number of aryl methyl sites for hydroxylation is 1. The second kappa shape index (κ2) is 9.22. The lowest BCUT2D eigenvalue weighted by atomic mass is 10.1. The molecule has 4 aromatic rings. The third-order valence-corrected chi connectivity index (χ3v) is 5.60. The van der Waals surface area contributed by atoms with Gasteiger partial charge in [-0.1, -0.05) is 17.7 Å². The van der Waals surface area contributed by atoms with Crippen molar-refractivity contribution >= 4 is 34.4 Å². The predicted molar refractivity (Wildman–Crippen MR) is 129 cm³/mol. The molecule has 0 saturated heterocycles. The molecule has 0 saturated carbocycles. The summed E-state index contributed by atoms with van der Waals surface area (Å²) in [5.41, 5.74) is 1.58. The SMILES string of the molecule is CCN(CC)c1ccc2cc(C(=O)Nc3c(C(=O)O)cnn3-c3ccc(C)cc3)c(=O)oc2c1. The van der Waals surface area contributed by atoms with Crippen molar-refractivity contribution in [1.82, 2.24) is 9.78 Å². The lowest BCUT2D eigenvalue weighted by Crippen LogP contribution is -2.23. The van der Waals surface area contributed by atoms with E-state index >= 15 is 0 Å². The number of nitrogens with zero attached hydrogens (tertiary/aromatic N) is 3. The molecular formula is C25H24N4O5. The molecular weight excluding hydrogens is 436 g/mol. The summed E-state index contributed by atoms with van der Waals surface area (Å²) in [5, 5.41) is 16.8. The number of carboxylic acid groups (broad SMARTS) is 1. The molecule has 4 rings (SSSR count). The first kappa shape index (κ1) is 22.8. The van der Waals surface area contributed by atoms with Crippen LogP contribution in [-0.2, 0) is 0 Å². The van der Waals surface area contributed by atoms with Crippen molar-refractivity contribution < 1.29 is 19.1 Å². The van der Waals surface area contributed by atoms with Crippen LogP contribution in [0.3, 0.4) is 0 Å². The molecule has 2 N–H and O–H groups in total. The first-order valence-electron chi connectivity index (χ1n) is 10.8. The highest BCUT2D eigenvalue weighted by Crippen LogP contribution is 2.24. The minimum Gasteiger partial charge on any atom is -0.477 e. The molecule has 0 aliphatic heterocycles. The molecule has 0 aliphatic carbocycles. The fraction of sp³-hybridized carbons (Fsp3) is 0.200. The van der Waals surface area contributed by atoms with Gasteiger partial charge >= 0.3 is 11.6 Å². The van der Waals surface area contributed by atoms with Crippen LogP contribution in [-0.4, -0.2) is 39.9 Å². The number of hydrogen-bond acceptors (Lipinski definition) is 6. The Balaban J connectivity index is 1.72. The molecule has 9 heteroatoms. The first-order chi connectivity index (χ1) is 16.3. The van der Waals surface area contributed by atoms with E-state index in [1.165, 1.54) is 10.7 Å². The van der Waals surface area contributed by atoms with Crippen molar-refractivity contribution in [2.75, 3.05) is 23.3 Å². The minimum atomic E-state index is -1.26. The Labute approximate surface area is 195 Å². The molecule has 0 unspecified atom stereocenters. The maximum absolute atomic E-state index is 13.0. The van der Waals surface area contributed by atoms with Crippen molar-refractivity contribution in [2.24, 2.45) is 0 Å². The number of nitrogens with one attached hydrogen (secondary N) is 1. The zero-order valence-corrected chi connectivity index (χ0v) is 19.0. The number of rotatable bonds is 7. The summed E-state index contributed by atoms with van der Waals surface area (Å²) in [6, 6.07) is 14.1. The van der Waals surface area contributed by atoms with E-state index in [1.54, 1.807) is 24.3 Å². The van der Waals surface area contributed by atoms with E-state index in [9.17, 15) is 19.5 Å². The number of carboxylic acids is 1. The van der Waals surface area contributed by atoms with Gasteiger partial charge in [-0.15, -0.1) is 0 Å². The van der Waals surface area contributed by atoms with Gasteiger partial charge in [-0.25, -0.2) is 14.3 Å². The van der Waals surface area contributed by atoms with Crippen molar-refractivity contribution in [3.63, 3.8) is 0 Å². The number of carbonyl (C=O) groups is 2. The average molecular weight is 460 g/mol. The van der Waals surface area contributed by atoms with E-state index in [-0.39, 0.29) is 16.9 Å². The molecule has 0 radical (unpaired) electrons. The molecule has 1 amide bonds. The average Bonchev–Trinajstić information content (AvgIpc) is 3.23. The topological polar surface area (TPSA) is 118 Å². The second-order valence-corrected chi connectivity index (χ2v) is 7.76. The zero-order valence-electron chi connectivity index (χ0n) is 19.0. The van der Waals surface area contributed by atoms with Crippen LogP contribution >= 0.6 is 0 Å². The number of benzene rings is 2. The summed E-state index contributed by atoms with van der Waals surface area (Å²) in [4.78, 5) is 39.5. The summed E-state index contributed by atoms with van der Waals surface area (Å²) < 4.78 is 6.74. The molecule has 0 bridgehead atoms. The van der Waals surface area contributed by atoms with Crippen LogP contribution in [0.25, 0.3) is 16.7 Å². The zero-order chi connectivity index (χ0) is 24.4. The van der Waals surface area contributed by atoms with Gasteiger partial charge in [0.1, 0.15) is 16.7 Å². The molecule has 0 atom stereocenters. The molecule has 0 fully saturated rings. The largest absolute Gasteiger partial charge is 0.477 e. The van der Waals surface area contributed by atoms with Gasteiger partial charge in [-0.2, -0.15) is 5.10 Å². The molecule has 34 heavy (non-hydrogen) atoms. The highest BCUT2D eigenvalue weighted by atomic mass is 16.4. The monoisotopic (exact) mass is 460 g/mol. The summed E-state index contributed by atoms with van der Waals surface area (Å²) in [5.74, 6) is -2.11. The summed E-state index contributed by atoms with van der Waals surface area (Å²) in [6.45, 7) is 7.58. The van der Waals surface area contributed by atoms with Crippen LogP contribution < -0.4 is 15.8 Å². The fourth-order valence-electron chi connectivity index (χ4n) is 3.73. The van der Waals surface area contributed by atoms with Crippen molar-refractivity contribution in [3.8, 4) is 5.69 Å². The Morgan fingerprint density at radius 2 is 1.76 bits per heavy atom. The van der Waals surface area contributed by atoms with Crippen molar-refractivity contribution in [3.05, 3.63) is 81.8 Å². The van der Waals surface area contributed by atoms with E-state index in [0.717, 1.165) is 30.5 Å². The maximum atomic E-state index is 13.0. The van der Waals surface area contributed by atoms with Gasteiger partial charge in [0, 0.05) is 30.2 Å². The lowest BCUT2D eigenvalue weighted by molar-refractivity contribution is 0.0698. The summed E-state index contributed by atoms with van der Waals surface area (Å²) >= 11 is 0. The lowest BCUT2D eigenvalue weighted by Gasteiger charge is -2.21. The smallest absolute Gasteiger partial charge is 0.349 e. The van der Waals surface area contributed by atoms with Gasteiger partial charge in [0.25, 0.3) is 5.91 Å². The van der Waals surface area contributed by atoms with E-state index in [2.05, 4.69) is 15.3 Å². The number of hydrogen-bond donors (Lipinski definition) is 2. The quantitative estimate of drug-likeness (QED) is 0.399. The van der Waals surface area contributed by atoms with Gasteiger partial charge < -0.3 is 19.7 Å². The Morgan fingerprint density at radius 1 is 1.06 bits per heavy atom. The summed E-state index contributed by atoms with van der Waals surface area (Å²) in [7, 11) is 0. The van der Waals surface area contributed by atoms with Crippen LogP contribution in [0.1, 0.15) is 40.1 Å². The molecule has 174 valence electrons. The normalized spacial score (nSPS) is 10.9. The van der Waals surface area contributed by atoms with E-state index in [0.29, 0.717) is 16.7 Å². The first-order valence-corrected chi connectivity index (χ1v) is 10.8. The van der Waals surface area contributed by atoms with Gasteiger partial charge in [0.05, 0.1) is 11.9 Å². The Bertz CT molecular complexity index is 1430. The van der Waals surface area contributed by atoms with Gasteiger partial charge in [0.2, 0.25) is 0 Å². The van der Waals surface area contributed by atoms with Crippen LogP contribution in [0, 0.1) is 6.92 Å². The van der Waals surface area contributed by atoms with Crippen molar-refractivity contribution in [1.29, 1.82) is 0 Å². The molecule has 2 heterocycles. The highest BCUT2D eigenvalue weighted by Gasteiger charge is 2.23. The van der Waals surface area contributed by atoms with Gasteiger partial charge in [-0.05, 0) is 51.1 Å². The molecule has 2 aromatic heterocycles. The second-order valence-electron chi connectivity index (χ2n) is 7.76. The molecule has 0 aliphatic rings. The van der Waals surface area contributed by atoms with Crippen LogP contribution in [0.2, 0.25) is 0 Å². The Hall–Kier alpha value is -4.40. The maximum Gasteiger partial charge on any atom is 0.349 e. The van der Waals surface area contributed by atoms with Crippen LogP contribution in [0.5, 0.6) is 0 Å². The number of carbonyl (C=O) groups excluding carboxylic acids is 1. The number of aromatic carboxylic acids is 1. The van der Waals surface area contributed by atoms with Crippen LogP contribution in [0.15, 0.2) is 63.9 Å². The van der Waals surface area contributed by atoms with E-state index in [4.69, 9.17) is 4.42 Å². The van der Waals surface area contributed by atoms with Crippen molar-refractivity contribution in [2.45, 2.75) is 20.8 Å². The molecule has 9 nitrogen and oxygen atoms in total. The van der Waals surface area contributed by atoms with E-state index < -0.39 is 17.5 Å². The Kier molecular flexibility index (Phi) is 6.18. The fourth-order valence-corrected chi connectivity index (χ4v) is 3.73. The Morgan fingerprint density at radius 3 is 2.41 bits per heavy atom. The van der Waals surface area contributed by atoms with Crippen LogP contribution in [0.4, 0.5) is 11.5 Å². The molecule has 0 spiro atoms. The highest BCUT2D eigenvalue weighted by molar-refractivity contribution is 6.08. The minimum absolute atomic E-state index is 0.0577. The predicted octanol–water partition coefficient (Wildman–Crippen LogP) is 4.08. The number of amides is 1.